The lowest BCUT2D eigenvalue weighted by atomic mass is 9.95. The van der Waals surface area contributed by atoms with Crippen molar-refractivity contribution in [2.24, 2.45) is 5.41 Å². The zero-order valence-corrected chi connectivity index (χ0v) is 13.8. The summed E-state index contributed by atoms with van der Waals surface area (Å²) in [6.45, 7) is 6.90. The highest BCUT2D eigenvalue weighted by Crippen LogP contribution is 2.28. The number of hydrogen-bond donors (Lipinski definition) is 2. The van der Waals surface area contributed by atoms with Crippen LogP contribution in [0.2, 0.25) is 0 Å². The molecule has 1 aliphatic heterocycles. The highest BCUT2D eigenvalue weighted by Gasteiger charge is 2.39. The van der Waals surface area contributed by atoms with Crippen molar-refractivity contribution in [2.75, 3.05) is 13.2 Å². The molecule has 4 nitrogen and oxygen atoms in total. The minimum Gasteiger partial charge on any atom is -0.372 e. The summed E-state index contributed by atoms with van der Waals surface area (Å²) in [7, 11) is 0. The van der Waals surface area contributed by atoms with E-state index in [4.69, 9.17) is 39.5 Å². The second-order valence-electron chi connectivity index (χ2n) is 5.85. The van der Waals surface area contributed by atoms with Crippen LogP contribution in [0.4, 0.5) is 0 Å². The molecule has 0 aliphatic carbocycles. The zero-order valence-electron chi connectivity index (χ0n) is 11.5. The van der Waals surface area contributed by atoms with Gasteiger partial charge >= 0.3 is 0 Å². The standard InChI is InChI=1S/C12H21Cl3N2O2/c1-11(2,3)10(18)17-9(12(13,14)15)16-7-8-5-4-6-19-8/h8-9,16H,4-7H2,1-3H3,(H,17,18)/p+1/t8-,9+/m0/s1. The predicted molar refractivity (Wildman–Crippen MR) is 77.4 cm³/mol. The molecule has 1 fully saturated rings. The number of ether oxygens (including phenoxy) is 1. The van der Waals surface area contributed by atoms with Gasteiger partial charge in [-0.1, -0.05) is 55.6 Å². The second kappa shape index (κ2) is 6.81. The monoisotopic (exact) mass is 331 g/mol. The third-order valence-electron chi connectivity index (χ3n) is 2.98. The van der Waals surface area contributed by atoms with Crippen LogP contribution in [0.25, 0.3) is 0 Å². The van der Waals surface area contributed by atoms with Gasteiger partial charge in [0.1, 0.15) is 12.6 Å². The molecule has 1 rings (SSSR count). The first-order chi connectivity index (χ1) is 8.60. The molecule has 0 spiro atoms. The van der Waals surface area contributed by atoms with Crippen LogP contribution in [0.3, 0.4) is 0 Å². The van der Waals surface area contributed by atoms with E-state index in [-0.39, 0.29) is 12.0 Å². The molecule has 3 N–H and O–H groups in total. The Bertz CT molecular complexity index is 307. The van der Waals surface area contributed by atoms with Crippen LogP contribution < -0.4 is 10.6 Å². The summed E-state index contributed by atoms with van der Waals surface area (Å²) in [5.41, 5.74) is -0.522. The zero-order chi connectivity index (χ0) is 14.7. The van der Waals surface area contributed by atoms with Gasteiger partial charge in [-0.05, 0) is 12.8 Å². The fourth-order valence-corrected chi connectivity index (χ4v) is 2.18. The summed E-state index contributed by atoms with van der Waals surface area (Å²) in [5, 5.41) is 4.60. The fourth-order valence-electron chi connectivity index (χ4n) is 1.75. The van der Waals surface area contributed by atoms with E-state index in [1.807, 2.05) is 26.1 Å². The van der Waals surface area contributed by atoms with Crippen LogP contribution in [0.5, 0.6) is 0 Å². The maximum absolute atomic E-state index is 12.0. The first-order valence-electron chi connectivity index (χ1n) is 6.43. The number of amides is 1. The Kier molecular flexibility index (Phi) is 6.21. The van der Waals surface area contributed by atoms with Crippen LogP contribution in [-0.2, 0) is 9.53 Å². The van der Waals surface area contributed by atoms with Crippen molar-refractivity contribution in [1.29, 1.82) is 0 Å². The maximum Gasteiger partial charge on any atom is 0.262 e. The molecule has 0 aromatic carbocycles. The number of nitrogens with one attached hydrogen (secondary N) is 1. The summed E-state index contributed by atoms with van der Waals surface area (Å²) >= 11 is 17.8. The van der Waals surface area contributed by atoms with Crippen molar-refractivity contribution in [1.82, 2.24) is 5.32 Å². The Morgan fingerprint density at radius 1 is 1.42 bits per heavy atom. The number of nitrogens with two attached hydrogens (primary N) is 1. The Balaban J connectivity index is 2.54. The van der Waals surface area contributed by atoms with Crippen LogP contribution in [0.1, 0.15) is 33.6 Å². The molecule has 2 atom stereocenters. The van der Waals surface area contributed by atoms with Crippen molar-refractivity contribution in [2.45, 2.75) is 49.7 Å². The topological polar surface area (TPSA) is 54.9 Å². The van der Waals surface area contributed by atoms with Gasteiger partial charge < -0.3 is 15.4 Å². The molecule has 0 aromatic rings. The molecule has 1 heterocycles. The lowest BCUT2D eigenvalue weighted by Gasteiger charge is -2.27. The van der Waals surface area contributed by atoms with Gasteiger partial charge in [-0.3, -0.25) is 4.79 Å². The number of rotatable bonds is 4. The number of carbonyl (C=O) groups excluding carboxylic acids is 1. The molecule has 1 aliphatic rings. The lowest BCUT2D eigenvalue weighted by molar-refractivity contribution is -0.697. The van der Waals surface area contributed by atoms with E-state index in [9.17, 15) is 4.79 Å². The molecule has 0 unspecified atom stereocenters. The van der Waals surface area contributed by atoms with Gasteiger partial charge in [0.2, 0.25) is 12.1 Å². The summed E-state index contributed by atoms with van der Waals surface area (Å²) in [6.07, 6.45) is 1.62. The first kappa shape index (κ1) is 17.3. The van der Waals surface area contributed by atoms with E-state index in [1.54, 1.807) is 0 Å². The SMILES string of the molecule is CC(C)(C)C(=O)N[C@@H]([NH2+]C[C@@H]1CCCO1)C(Cl)(Cl)Cl. The highest BCUT2D eigenvalue weighted by atomic mass is 35.6. The van der Waals surface area contributed by atoms with Crippen LogP contribution >= 0.6 is 34.8 Å². The lowest BCUT2D eigenvalue weighted by Crippen LogP contribution is -2.98. The molecule has 0 radical (unpaired) electrons. The van der Waals surface area contributed by atoms with Gasteiger partial charge in [0.25, 0.3) is 3.79 Å². The molecule has 0 bridgehead atoms. The molecule has 0 aromatic heterocycles. The summed E-state index contributed by atoms with van der Waals surface area (Å²) in [5.74, 6) is -0.146. The normalized spacial score (nSPS) is 22.3. The summed E-state index contributed by atoms with van der Waals surface area (Å²) in [4.78, 5) is 12.0. The van der Waals surface area contributed by atoms with Crippen molar-refractivity contribution >= 4 is 40.7 Å². The second-order valence-corrected chi connectivity index (χ2v) is 8.22. The van der Waals surface area contributed by atoms with E-state index >= 15 is 0 Å². The van der Waals surface area contributed by atoms with E-state index in [1.165, 1.54) is 0 Å². The summed E-state index contributed by atoms with van der Waals surface area (Å²) < 4.78 is 3.96. The number of carbonyl (C=O) groups is 1. The van der Waals surface area contributed by atoms with Gasteiger partial charge in [-0.2, -0.15) is 0 Å². The van der Waals surface area contributed by atoms with Crippen molar-refractivity contribution < 1.29 is 14.8 Å². The van der Waals surface area contributed by atoms with Crippen molar-refractivity contribution in [3.63, 3.8) is 0 Å². The third kappa shape index (κ3) is 6.05. The van der Waals surface area contributed by atoms with E-state index in [0.717, 1.165) is 19.4 Å². The predicted octanol–water partition coefficient (Wildman–Crippen LogP) is 1.59. The molecular weight excluding hydrogens is 311 g/mol. The minimum absolute atomic E-state index is 0.146. The Morgan fingerprint density at radius 3 is 2.47 bits per heavy atom. The van der Waals surface area contributed by atoms with Crippen LogP contribution in [0, 0.1) is 5.41 Å². The Hall–Kier alpha value is 0.260. The van der Waals surface area contributed by atoms with Crippen LogP contribution in [0.15, 0.2) is 0 Å². The smallest absolute Gasteiger partial charge is 0.262 e. The van der Waals surface area contributed by atoms with Gasteiger partial charge in [0.15, 0.2) is 0 Å². The molecule has 7 heteroatoms. The molecular formula is C12H22Cl3N2O2+. The highest BCUT2D eigenvalue weighted by molar-refractivity contribution is 6.68. The van der Waals surface area contributed by atoms with Gasteiger partial charge in [-0.25, -0.2) is 0 Å². The molecule has 0 saturated carbocycles. The number of quaternary nitrogens is 1. The van der Waals surface area contributed by atoms with E-state index in [2.05, 4.69) is 5.32 Å². The third-order valence-corrected chi connectivity index (χ3v) is 3.68. The first-order valence-corrected chi connectivity index (χ1v) is 7.56. The molecule has 112 valence electrons. The average Bonchev–Trinajstić information content (AvgIpc) is 2.73. The maximum atomic E-state index is 12.0. The van der Waals surface area contributed by atoms with Gasteiger partial charge in [0, 0.05) is 12.0 Å². The Morgan fingerprint density at radius 2 is 2.05 bits per heavy atom. The summed E-state index contributed by atoms with van der Waals surface area (Å²) in [6, 6.07) is 0. The van der Waals surface area contributed by atoms with Gasteiger partial charge in [0.05, 0.1) is 0 Å². The number of halogens is 3. The van der Waals surface area contributed by atoms with E-state index < -0.39 is 15.4 Å². The molecule has 19 heavy (non-hydrogen) atoms. The van der Waals surface area contributed by atoms with Crippen molar-refractivity contribution in [3.8, 4) is 0 Å². The quantitative estimate of drug-likeness (QED) is 0.607. The number of alkyl halides is 3. The van der Waals surface area contributed by atoms with Crippen LogP contribution in [-0.4, -0.2) is 35.1 Å². The largest absolute Gasteiger partial charge is 0.372 e. The Labute approximate surface area is 129 Å². The average molecular weight is 333 g/mol. The number of hydrogen-bond acceptors (Lipinski definition) is 2. The fraction of sp³-hybridized carbons (Fsp3) is 0.917. The minimum atomic E-state index is -1.56. The van der Waals surface area contributed by atoms with Gasteiger partial charge in [-0.15, -0.1) is 0 Å². The molecule has 1 amide bonds. The molecule has 1 saturated heterocycles. The van der Waals surface area contributed by atoms with Crippen molar-refractivity contribution in [3.05, 3.63) is 0 Å². The van der Waals surface area contributed by atoms with E-state index in [0.29, 0.717) is 6.54 Å².